The molecule has 1 aromatic rings. The Morgan fingerprint density at radius 1 is 1.36 bits per heavy atom. The molecule has 0 aliphatic heterocycles. The van der Waals surface area contributed by atoms with E-state index >= 15 is 0 Å². The first kappa shape index (κ1) is 18.4. The summed E-state index contributed by atoms with van der Waals surface area (Å²) < 4.78 is 10.3. The van der Waals surface area contributed by atoms with Crippen LogP contribution in [0.2, 0.25) is 5.15 Å². The second-order valence-electron chi connectivity index (χ2n) is 5.90. The Morgan fingerprint density at radius 2 is 2.05 bits per heavy atom. The molecule has 0 aliphatic carbocycles. The highest BCUT2D eigenvalue weighted by atomic mass is 35.5. The summed E-state index contributed by atoms with van der Waals surface area (Å²) in [5.74, 6) is -1.52. The van der Waals surface area contributed by atoms with Gasteiger partial charge in [-0.05, 0) is 45.7 Å². The van der Waals surface area contributed by atoms with Crippen molar-refractivity contribution in [3.63, 3.8) is 0 Å². The summed E-state index contributed by atoms with van der Waals surface area (Å²) in [6, 6.07) is 3.51. The third-order valence-corrected chi connectivity index (χ3v) is 3.10. The molecule has 0 saturated carbocycles. The van der Waals surface area contributed by atoms with E-state index in [1.807, 2.05) is 0 Å². The van der Waals surface area contributed by atoms with Gasteiger partial charge in [-0.1, -0.05) is 17.7 Å². The van der Waals surface area contributed by atoms with E-state index in [0.29, 0.717) is 10.7 Å². The van der Waals surface area contributed by atoms with Crippen molar-refractivity contribution in [2.75, 3.05) is 6.61 Å². The van der Waals surface area contributed by atoms with Crippen molar-refractivity contribution in [2.24, 2.45) is 5.92 Å². The zero-order chi connectivity index (χ0) is 16.8. The van der Waals surface area contributed by atoms with Crippen molar-refractivity contribution in [3.05, 3.63) is 29.0 Å². The fourth-order valence-corrected chi connectivity index (χ4v) is 2.12. The van der Waals surface area contributed by atoms with Gasteiger partial charge in [0.2, 0.25) is 0 Å². The van der Waals surface area contributed by atoms with Gasteiger partial charge >= 0.3 is 11.9 Å². The molecule has 0 saturated heterocycles. The van der Waals surface area contributed by atoms with Crippen LogP contribution in [0, 0.1) is 5.92 Å². The molecule has 0 spiro atoms. The molecular weight excluding hydrogens is 306 g/mol. The highest BCUT2D eigenvalue weighted by Crippen LogP contribution is 2.21. The van der Waals surface area contributed by atoms with Gasteiger partial charge in [0, 0.05) is 6.20 Å². The highest BCUT2D eigenvalue weighted by Gasteiger charge is 2.27. The molecule has 0 radical (unpaired) electrons. The summed E-state index contributed by atoms with van der Waals surface area (Å²) in [4.78, 5) is 28.0. The number of carbonyl (C=O) groups excluding carboxylic acids is 2. The molecule has 1 rings (SSSR count). The number of aromatic nitrogens is 1. The average molecular weight is 328 g/mol. The van der Waals surface area contributed by atoms with Crippen molar-refractivity contribution in [3.8, 4) is 0 Å². The second-order valence-corrected chi connectivity index (χ2v) is 6.26. The average Bonchev–Trinajstić information content (AvgIpc) is 2.38. The molecule has 0 aromatic carbocycles. The molecule has 0 bridgehead atoms. The summed E-state index contributed by atoms with van der Waals surface area (Å²) >= 11 is 6.01. The maximum absolute atomic E-state index is 12.1. The largest absolute Gasteiger partial charge is 0.466 e. The standard InChI is InChI=1S/C16H22ClNO4/c1-5-21-15(20)12(10-13(19)22-16(2,3)4)9-11-7-6-8-18-14(11)17/h6-8,12H,5,9-10H2,1-4H3/t12-/m0/s1. The molecule has 22 heavy (non-hydrogen) atoms. The SMILES string of the molecule is CCOC(=O)[C@H](CC(=O)OC(C)(C)C)Cc1cccnc1Cl. The Kier molecular flexibility index (Phi) is 6.81. The number of hydrogen-bond acceptors (Lipinski definition) is 5. The Morgan fingerprint density at radius 3 is 2.59 bits per heavy atom. The van der Waals surface area contributed by atoms with Crippen molar-refractivity contribution >= 4 is 23.5 Å². The lowest BCUT2D eigenvalue weighted by molar-refractivity contribution is -0.161. The van der Waals surface area contributed by atoms with Crippen LogP contribution in [0.4, 0.5) is 0 Å². The third-order valence-electron chi connectivity index (χ3n) is 2.76. The van der Waals surface area contributed by atoms with Crippen LogP contribution in [0.25, 0.3) is 0 Å². The van der Waals surface area contributed by atoms with Crippen LogP contribution < -0.4 is 0 Å². The van der Waals surface area contributed by atoms with E-state index in [1.165, 1.54) is 0 Å². The van der Waals surface area contributed by atoms with Gasteiger partial charge in [0.05, 0.1) is 18.9 Å². The monoisotopic (exact) mass is 327 g/mol. The molecular formula is C16H22ClNO4. The van der Waals surface area contributed by atoms with Crippen LogP contribution in [0.5, 0.6) is 0 Å². The molecule has 0 unspecified atom stereocenters. The van der Waals surface area contributed by atoms with Gasteiger partial charge in [-0.15, -0.1) is 0 Å². The van der Waals surface area contributed by atoms with E-state index < -0.39 is 23.5 Å². The molecule has 1 aromatic heterocycles. The fraction of sp³-hybridized carbons (Fsp3) is 0.562. The van der Waals surface area contributed by atoms with Crippen LogP contribution in [-0.4, -0.2) is 29.1 Å². The number of rotatable bonds is 6. The van der Waals surface area contributed by atoms with E-state index in [1.54, 1.807) is 46.0 Å². The van der Waals surface area contributed by atoms with Crippen LogP contribution in [0.3, 0.4) is 0 Å². The molecule has 1 atom stereocenters. The molecule has 6 heteroatoms. The molecule has 0 aliphatic rings. The molecule has 0 fully saturated rings. The zero-order valence-electron chi connectivity index (χ0n) is 13.4. The molecule has 122 valence electrons. The van der Waals surface area contributed by atoms with E-state index in [-0.39, 0.29) is 19.4 Å². The summed E-state index contributed by atoms with van der Waals surface area (Å²) in [6.45, 7) is 7.32. The minimum Gasteiger partial charge on any atom is -0.466 e. The Hall–Kier alpha value is -1.62. The first-order valence-corrected chi connectivity index (χ1v) is 7.58. The quantitative estimate of drug-likeness (QED) is 0.593. The number of ether oxygens (including phenoxy) is 2. The Labute approximate surface area is 136 Å². The predicted molar refractivity (Wildman–Crippen MR) is 83.5 cm³/mol. The van der Waals surface area contributed by atoms with E-state index in [0.717, 1.165) is 0 Å². The third kappa shape index (κ3) is 6.43. The van der Waals surface area contributed by atoms with E-state index in [4.69, 9.17) is 21.1 Å². The van der Waals surface area contributed by atoms with Gasteiger partial charge in [0.25, 0.3) is 0 Å². The van der Waals surface area contributed by atoms with Gasteiger partial charge in [0.1, 0.15) is 10.8 Å². The molecule has 1 heterocycles. The smallest absolute Gasteiger partial charge is 0.309 e. The van der Waals surface area contributed by atoms with Gasteiger partial charge in [0.15, 0.2) is 0 Å². The number of carbonyl (C=O) groups is 2. The fourth-order valence-electron chi connectivity index (χ4n) is 1.92. The van der Waals surface area contributed by atoms with Crippen LogP contribution >= 0.6 is 11.6 Å². The number of hydrogen-bond donors (Lipinski definition) is 0. The zero-order valence-corrected chi connectivity index (χ0v) is 14.1. The van der Waals surface area contributed by atoms with Gasteiger partial charge in [-0.25, -0.2) is 4.98 Å². The van der Waals surface area contributed by atoms with Crippen molar-refractivity contribution in [2.45, 2.75) is 46.1 Å². The van der Waals surface area contributed by atoms with E-state index in [2.05, 4.69) is 4.98 Å². The number of halogens is 1. The lowest BCUT2D eigenvalue weighted by Crippen LogP contribution is -2.29. The Balaban J connectivity index is 2.83. The van der Waals surface area contributed by atoms with E-state index in [9.17, 15) is 9.59 Å². The van der Waals surface area contributed by atoms with Gasteiger partial charge < -0.3 is 9.47 Å². The summed E-state index contributed by atoms with van der Waals surface area (Å²) in [5.41, 5.74) is 0.105. The summed E-state index contributed by atoms with van der Waals surface area (Å²) in [5, 5.41) is 0.320. The van der Waals surface area contributed by atoms with Crippen molar-refractivity contribution < 1.29 is 19.1 Å². The van der Waals surface area contributed by atoms with Crippen molar-refractivity contribution in [1.82, 2.24) is 4.98 Å². The van der Waals surface area contributed by atoms with Crippen LogP contribution in [0.15, 0.2) is 18.3 Å². The first-order valence-electron chi connectivity index (χ1n) is 7.20. The number of nitrogens with zero attached hydrogens (tertiary/aromatic N) is 1. The molecule has 0 amide bonds. The minimum atomic E-state index is -0.642. The lowest BCUT2D eigenvalue weighted by Gasteiger charge is -2.21. The number of pyridine rings is 1. The van der Waals surface area contributed by atoms with Gasteiger partial charge in [-0.3, -0.25) is 9.59 Å². The predicted octanol–water partition coefficient (Wildman–Crippen LogP) is 3.19. The highest BCUT2D eigenvalue weighted by molar-refractivity contribution is 6.30. The second kappa shape index (κ2) is 8.13. The maximum atomic E-state index is 12.1. The summed E-state index contributed by atoms with van der Waals surface area (Å²) in [7, 11) is 0. The minimum absolute atomic E-state index is 0.0542. The normalized spacial score (nSPS) is 12.6. The molecule has 5 nitrogen and oxygen atoms in total. The van der Waals surface area contributed by atoms with Crippen molar-refractivity contribution in [1.29, 1.82) is 0 Å². The topological polar surface area (TPSA) is 65.5 Å². The Bertz CT molecular complexity index is 525. The lowest BCUT2D eigenvalue weighted by atomic mass is 9.97. The number of esters is 2. The molecule has 0 N–H and O–H groups in total. The summed E-state index contributed by atoms with van der Waals surface area (Å²) in [6.07, 6.45) is 1.80. The van der Waals surface area contributed by atoms with Crippen LogP contribution in [0.1, 0.15) is 39.7 Å². The first-order chi connectivity index (χ1) is 10.2. The van der Waals surface area contributed by atoms with Gasteiger partial charge in [-0.2, -0.15) is 0 Å². The van der Waals surface area contributed by atoms with Crippen LogP contribution in [-0.2, 0) is 25.5 Å². The maximum Gasteiger partial charge on any atom is 0.309 e.